The van der Waals surface area contributed by atoms with Crippen LogP contribution in [-0.4, -0.2) is 44.3 Å². The van der Waals surface area contributed by atoms with Crippen molar-refractivity contribution in [3.63, 3.8) is 0 Å². The Morgan fingerprint density at radius 3 is 1.12 bits per heavy atom. The Hall–Kier alpha value is -2.12. The molecule has 2 rings (SSSR count). The summed E-state index contributed by atoms with van der Waals surface area (Å²) in [5, 5.41) is 38.0. The normalized spacial score (nSPS) is 44.5. The quantitative estimate of drug-likeness (QED) is 0.532. The summed E-state index contributed by atoms with van der Waals surface area (Å²) in [6, 6.07) is 0. The number of carboxylic acid groups (broad SMARTS) is 4. The fourth-order valence-electron chi connectivity index (χ4n) is 5.08. The smallest absolute Gasteiger partial charge is 0.310 e. The molecule has 146 valence electrons. The molecule has 8 nitrogen and oxygen atoms in total. The summed E-state index contributed by atoms with van der Waals surface area (Å²) in [6.07, 6.45) is 1.12. The first-order valence-electron chi connectivity index (χ1n) is 8.63. The molecule has 0 aromatic carbocycles. The molecule has 0 spiro atoms. The summed E-state index contributed by atoms with van der Waals surface area (Å²) in [5.41, 5.74) is -5.60. The summed E-state index contributed by atoms with van der Waals surface area (Å²) < 4.78 is 0. The van der Waals surface area contributed by atoms with Crippen molar-refractivity contribution in [3.05, 3.63) is 0 Å². The van der Waals surface area contributed by atoms with Gasteiger partial charge in [0.2, 0.25) is 0 Å². The van der Waals surface area contributed by atoms with E-state index >= 15 is 0 Å². The molecule has 26 heavy (non-hydrogen) atoms. The summed E-state index contributed by atoms with van der Waals surface area (Å²) in [4.78, 5) is 46.6. The number of carbonyl (C=O) groups is 4. The second-order valence-electron chi connectivity index (χ2n) is 8.67. The third kappa shape index (κ3) is 2.13. The Morgan fingerprint density at radius 1 is 0.654 bits per heavy atom. The van der Waals surface area contributed by atoms with E-state index in [1.165, 1.54) is 27.7 Å². The summed E-state index contributed by atoms with van der Waals surface area (Å²) in [7, 11) is 0. The molecule has 0 aromatic heterocycles. The van der Waals surface area contributed by atoms with Crippen LogP contribution in [0.15, 0.2) is 0 Å². The van der Waals surface area contributed by atoms with Gasteiger partial charge in [0.25, 0.3) is 0 Å². The van der Waals surface area contributed by atoms with E-state index in [2.05, 4.69) is 0 Å². The maximum absolute atomic E-state index is 11.8. The van der Waals surface area contributed by atoms with Crippen LogP contribution in [0.4, 0.5) is 0 Å². The fourth-order valence-corrected chi connectivity index (χ4v) is 5.08. The molecule has 0 aliphatic heterocycles. The van der Waals surface area contributed by atoms with Crippen LogP contribution in [0.2, 0.25) is 0 Å². The fraction of sp³-hybridized carbons (Fsp3) is 0.778. The van der Waals surface area contributed by atoms with Gasteiger partial charge in [0.1, 0.15) is 0 Å². The molecule has 2 fully saturated rings. The lowest BCUT2D eigenvalue weighted by Gasteiger charge is -2.59. The SMILES string of the molecule is CC1(C(=O)O)CC(CCC2CC(C)(C(=O)O)C2(C)C(=O)O)C1(C)C(=O)O. The topological polar surface area (TPSA) is 149 Å². The first-order valence-corrected chi connectivity index (χ1v) is 8.63. The van der Waals surface area contributed by atoms with E-state index < -0.39 is 57.4 Å². The van der Waals surface area contributed by atoms with E-state index in [4.69, 9.17) is 0 Å². The van der Waals surface area contributed by atoms with Crippen molar-refractivity contribution in [3.8, 4) is 0 Å². The van der Waals surface area contributed by atoms with Gasteiger partial charge in [-0.2, -0.15) is 0 Å². The minimum atomic E-state index is -1.43. The lowest BCUT2D eigenvalue weighted by atomic mass is 9.41. The zero-order valence-corrected chi connectivity index (χ0v) is 15.4. The minimum absolute atomic E-state index is 0.206. The first kappa shape index (κ1) is 20.2. The van der Waals surface area contributed by atoms with E-state index in [1.807, 2.05) is 0 Å². The van der Waals surface area contributed by atoms with E-state index in [9.17, 15) is 39.6 Å². The van der Waals surface area contributed by atoms with Crippen molar-refractivity contribution >= 4 is 23.9 Å². The molecule has 2 aliphatic rings. The second-order valence-corrected chi connectivity index (χ2v) is 8.67. The standard InChI is InChI=1S/C18H26O8/c1-15(11(19)20)7-9(17(15,3)13(23)24)5-6-10-8-16(2,12(21)22)18(10,4)14(25)26/h9-10H,5-8H2,1-4H3,(H,19,20)(H,21,22)(H,23,24)(H,25,26). The Morgan fingerprint density at radius 2 is 0.923 bits per heavy atom. The molecule has 0 amide bonds. The van der Waals surface area contributed by atoms with Gasteiger partial charge >= 0.3 is 23.9 Å². The van der Waals surface area contributed by atoms with Gasteiger partial charge in [0.05, 0.1) is 21.7 Å². The van der Waals surface area contributed by atoms with Crippen LogP contribution in [-0.2, 0) is 19.2 Å². The van der Waals surface area contributed by atoms with E-state index in [0.29, 0.717) is 12.8 Å². The van der Waals surface area contributed by atoms with Crippen molar-refractivity contribution in [1.29, 1.82) is 0 Å². The van der Waals surface area contributed by atoms with Crippen LogP contribution in [0.25, 0.3) is 0 Å². The van der Waals surface area contributed by atoms with Crippen LogP contribution in [0.1, 0.15) is 53.4 Å². The van der Waals surface area contributed by atoms with E-state index in [1.54, 1.807) is 0 Å². The first-order chi connectivity index (χ1) is 11.7. The molecule has 4 N–H and O–H groups in total. The van der Waals surface area contributed by atoms with Crippen LogP contribution in [0, 0.1) is 33.5 Å². The van der Waals surface area contributed by atoms with Crippen LogP contribution in [0.5, 0.6) is 0 Å². The highest BCUT2D eigenvalue weighted by Crippen LogP contribution is 2.66. The van der Waals surface area contributed by atoms with Crippen LogP contribution >= 0.6 is 0 Å². The van der Waals surface area contributed by atoms with Gasteiger partial charge in [0, 0.05) is 0 Å². The summed E-state index contributed by atoms with van der Waals surface area (Å²) in [5.74, 6) is -5.45. The third-order valence-electron chi connectivity index (χ3n) is 7.93. The predicted molar refractivity (Wildman–Crippen MR) is 88.4 cm³/mol. The average molecular weight is 370 g/mol. The Balaban J connectivity index is 2.15. The highest BCUT2D eigenvalue weighted by Gasteiger charge is 2.70. The Kier molecular flexibility index (Phi) is 4.42. The van der Waals surface area contributed by atoms with Gasteiger partial charge in [-0.25, -0.2) is 0 Å². The van der Waals surface area contributed by atoms with Gasteiger partial charge in [0.15, 0.2) is 0 Å². The monoisotopic (exact) mass is 370 g/mol. The molecular formula is C18H26O8. The lowest BCUT2D eigenvalue weighted by molar-refractivity contribution is -0.210. The number of aliphatic carboxylic acids is 4. The number of hydrogen-bond donors (Lipinski definition) is 4. The van der Waals surface area contributed by atoms with Gasteiger partial charge in [-0.1, -0.05) is 0 Å². The number of carboxylic acids is 4. The zero-order chi connectivity index (χ0) is 20.3. The van der Waals surface area contributed by atoms with Crippen molar-refractivity contribution in [2.75, 3.05) is 0 Å². The van der Waals surface area contributed by atoms with Crippen LogP contribution in [0.3, 0.4) is 0 Å². The molecule has 8 heteroatoms. The zero-order valence-electron chi connectivity index (χ0n) is 15.4. The maximum Gasteiger partial charge on any atom is 0.310 e. The largest absolute Gasteiger partial charge is 0.481 e. The van der Waals surface area contributed by atoms with E-state index in [0.717, 1.165) is 0 Å². The molecule has 0 heterocycles. The maximum atomic E-state index is 11.8. The molecular weight excluding hydrogens is 344 g/mol. The Labute approximate surface area is 151 Å². The lowest BCUT2D eigenvalue weighted by Crippen LogP contribution is -2.64. The highest BCUT2D eigenvalue weighted by molar-refractivity contribution is 5.89. The van der Waals surface area contributed by atoms with Crippen molar-refractivity contribution in [2.24, 2.45) is 33.5 Å². The molecule has 0 bridgehead atoms. The highest BCUT2D eigenvalue weighted by atomic mass is 16.4. The van der Waals surface area contributed by atoms with Crippen molar-refractivity contribution in [2.45, 2.75) is 53.4 Å². The molecule has 6 atom stereocenters. The van der Waals surface area contributed by atoms with Gasteiger partial charge < -0.3 is 20.4 Å². The second kappa shape index (κ2) is 5.69. The van der Waals surface area contributed by atoms with E-state index in [-0.39, 0.29) is 12.8 Å². The van der Waals surface area contributed by atoms with Crippen LogP contribution < -0.4 is 0 Å². The number of hydrogen-bond acceptors (Lipinski definition) is 4. The molecule has 0 saturated heterocycles. The van der Waals surface area contributed by atoms with Crippen molar-refractivity contribution < 1.29 is 39.6 Å². The Bertz CT molecular complexity index is 629. The van der Waals surface area contributed by atoms with Gasteiger partial charge in [-0.3, -0.25) is 19.2 Å². The summed E-state index contributed by atoms with van der Waals surface area (Å²) in [6.45, 7) is 5.70. The molecule has 0 radical (unpaired) electrons. The molecule has 2 saturated carbocycles. The molecule has 6 unspecified atom stereocenters. The van der Waals surface area contributed by atoms with Gasteiger partial charge in [-0.15, -0.1) is 0 Å². The average Bonchev–Trinajstić information content (AvgIpc) is 2.53. The molecule has 0 aromatic rings. The summed E-state index contributed by atoms with van der Waals surface area (Å²) >= 11 is 0. The van der Waals surface area contributed by atoms with Crippen molar-refractivity contribution in [1.82, 2.24) is 0 Å². The molecule has 2 aliphatic carbocycles. The predicted octanol–water partition coefficient (Wildman–Crippen LogP) is 2.17. The van der Waals surface area contributed by atoms with Gasteiger partial charge in [-0.05, 0) is 65.2 Å². The third-order valence-corrected chi connectivity index (χ3v) is 7.93. The minimum Gasteiger partial charge on any atom is -0.481 e. The number of rotatable bonds is 7.